The average molecular weight is 539 g/mol. The molecular formula is C32H17CuN3S-4. The van der Waals surface area contributed by atoms with Gasteiger partial charge >= 0.3 is 0 Å². The van der Waals surface area contributed by atoms with Gasteiger partial charge in [0.15, 0.2) is 0 Å². The van der Waals surface area contributed by atoms with Gasteiger partial charge < -0.3 is 13.5 Å². The topological polar surface area (TPSA) is 14.3 Å². The zero-order chi connectivity index (χ0) is 23.6. The molecule has 8 rings (SSSR count). The monoisotopic (exact) mass is 538 g/mol. The van der Waals surface area contributed by atoms with Crippen LogP contribution in [0.15, 0.2) is 102 Å². The van der Waals surface area contributed by atoms with Gasteiger partial charge in [0, 0.05) is 22.7 Å². The molecule has 37 heavy (non-hydrogen) atoms. The molecule has 3 nitrogen and oxygen atoms in total. The van der Waals surface area contributed by atoms with Crippen molar-refractivity contribution in [1.82, 2.24) is 13.5 Å². The second-order valence-electron chi connectivity index (χ2n) is 8.80. The van der Waals surface area contributed by atoms with Crippen molar-refractivity contribution < 1.29 is 17.1 Å². The minimum atomic E-state index is 0. The molecule has 0 amide bonds. The third-order valence-corrected chi connectivity index (χ3v) is 7.73. The van der Waals surface area contributed by atoms with E-state index in [1.807, 2.05) is 18.2 Å². The van der Waals surface area contributed by atoms with E-state index in [-0.39, 0.29) is 17.1 Å². The van der Waals surface area contributed by atoms with Crippen molar-refractivity contribution in [1.29, 1.82) is 0 Å². The summed E-state index contributed by atoms with van der Waals surface area (Å²) in [5, 5.41) is 4.50. The van der Waals surface area contributed by atoms with Crippen molar-refractivity contribution in [2.75, 3.05) is 0 Å². The Labute approximate surface area is 228 Å². The van der Waals surface area contributed by atoms with E-state index in [2.05, 4.69) is 122 Å². The molecule has 4 aromatic carbocycles. The first-order valence-corrected chi connectivity index (χ1v) is 12.7. The molecule has 181 valence electrons. The average Bonchev–Trinajstić information content (AvgIpc) is 3.68. The van der Waals surface area contributed by atoms with Crippen molar-refractivity contribution in [2.24, 2.45) is 0 Å². The molecule has 4 aromatic heterocycles. The van der Waals surface area contributed by atoms with Crippen molar-refractivity contribution in [3.8, 4) is 22.5 Å². The SMILES string of the molecule is [Cu].[c-]1ccccc1-c1csc2c1[c-]c1n(-c3[c-]c(-n4[c-]cc5ccccc54)ccc3)c3ccccc3n21. The molecule has 4 heterocycles. The molecule has 0 saturated carbocycles. The number of aromatic nitrogens is 3. The zero-order valence-corrected chi connectivity index (χ0v) is 21.1. The van der Waals surface area contributed by atoms with E-state index in [0.717, 1.165) is 49.9 Å². The number of fused-ring (bicyclic) bond motifs is 6. The Balaban J connectivity index is 0.00000231. The Morgan fingerprint density at radius 3 is 2.35 bits per heavy atom. The molecule has 0 aliphatic carbocycles. The smallest absolute Gasteiger partial charge is 0.0675 e. The Kier molecular flexibility index (Phi) is 5.12. The molecule has 0 saturated heterocycles. The van der Waals surface area contributed by atoms with Crippen LogP contribution in [0.4, 0.5) is 0 Å². The summed E-state index contributed by atoms with van der Waals surface area (Å²) in [7, 11) is 0. The summed E-state index contributed by atoms with van der Waals surface area (Å²) >= 11 is 1.75. The summed E-state index contributed by atoms with van der Waals surface area (Å²) in [6.45, 7) is 0. The maximum atomic E-state index is 3.75. The Morgan fingerprint density at radius 2 is 1.49 bits per heavy atom. The van der Waals surface area contributed by atoms with E-state index in [4.69, 9.17) is 0 Å². The van der Waals surface area contributed by atoms with Crippen LogP contribution in [0.5, 0.6) is 0 Å². The molecule has 0 unspecified atom stereocenters. The standard InChI is InChI=1S/C32H17N3S.Cu/c1-2-9-22(10-3-1)27-21-36-32-26(27)20-31-34(29-15-6-7-16-30(29)35(31)32)25-13-8-12-24(19-25)33-18-17-23-11-4-5-14-28(23)33;/h1-9,11-17,21H;/q-4;. The van der Waals surface area contributed by atoms with E-state index in [1.54, 1.807) is 11.3 Å². The molecule has 0 aliphatic heterocycles. The van der Waals surface area contributed by atoms with Gasteiger partial charge in [-0.2, -0.15) is 29.4 Å². The number of imidazole rings is 1. The Hall–Kier alpha value is -4.02. The zero-order valence-electron chi connectivity index (χ0n) is 19.4. The summed E-state index contributed by atoms with van der Waals surface area (Å²) in [4.78, 5) is 1.19. The largest absolute Gasteiger partial charge is 0.465 e. The summed E-state index contributed by atoms with van der Waals surface area (Å²) < 4.78 is 6.65. The Bertz CT molecular complexity index is 2060. The molecule has 0 fully saturated rings. The molecule has 5 heteroatoms. The van der Waals surface area contributed by atoms with Crippen LogP contribution in [0.1, 0.15) is 0 Å². The number of para-hydroxylation sites is 3. The van der Waals surface area contributed by atoms with Gasteiger partial charge in [0.2, 0.25) is 0 Å². The van der Waals surface area contributed by atoms with Crippen LogP contribution in [0, 0.1) is 24.4 Å². The van der Waals surface area contributed by atoms with E-state index >= 15 is 0 Å². The molecule has 8 aromatic rings. The van der Waals surface area contributed by atoms with Crippen molar-refractivity contribution in [2.45, 2.75) is 0 Å². The predicted molar refractivity (Wildman–Crippen MR) is 147 cm³/mol. The Morgan fingerprint density at radius 1 is 0.703 bits per heavy atom. The first-order valence-electron chi connectivity index (χ1n) is 11.8. The van der Waals surface area contributed by atoms with Gasteiger partial charge in [0.05, 0.1) is 11.0 Å². The van der Waals surface area contributed by atoms with Crippen molar-refractivity contribution in [3.05, 3.63) is 127 Å². The summed E-state index contributed by atoms with van der Waals surface area (Å²) in [6.07, 6.45) is 3.38. The molecule has 0 spiro atoms. The van der Waals surface area contributed by atoms with Gasteiger partial charge in [-0.3, -0.25) is 0 Å². The minimum absolute atomic E-state index is 0. The first kappa shape index (κ1) is 22.2. The number of hydrogen-bond acceptors (Lipinski definition) is 1. The van der Waals surface area contributed by atoms with Gasteiger partial charge in [0.25, 0.3) is 0 Å². The molecule has 0 N–H and O–H groups in total. The molecular weight excluding hydrogens is 522 g/mol. The number of hydrogen-bond donors (Lipinski definition) is 0. The first-order chi connectivity index (χ1) is 17.9. The molecule has 1 radical (unpaired) electrons. The third-order valence-electron chi connectivity index (χ3n) is 6.77. The molecule has 0 atom stereocenters. The van der Waals surface area contributed by atoms with E-state index < -0.39 is 0 Å². The van der Waals surface area contributed by atoms with Crippen LogP contribution >= 0.6 is 11.3 Å². The van der Waals surface area contributed by atoms with Crippen molar-refractivity contribution >= 4 is 49.1 Å². The quantitative estimate of drug-likeness (QED) is 0.160. The number of nitrogens with zero attached hydrogens (tertiary/aromatic N) is 3. The number of thiophene rings is 1. The van der Waals surface area contributed by atoms with Gasteiger partial charge in [-0.1, -0.05) is 53.1 Å². The fourth-order valence-corrected chi connectivity index (χ4v) is 6.20. The second-order valence-corrected chi connectivity index (χ2v) is 9.66. The van der Waals surface area contributed by atoms with Crippen LogP contribution < -0.4 is 0 Å². The van der Waals surface area contributed by atoms with Gasteiger partial charge in [-0.05, 0) is 17.0 Å². The minimum Gasteiger partial charge on any atom is -0.465 e. The van der Waals surface area contributed by atoms with Crippen LogP contribution in [0.3, 0.4) is 0 Å². The fourth-order valence-electron chi connectivity index (χ4n) is 5.16. The van der Waals surface area contributed by atoms with Crippen LogP contribution in [-0.2, 0) is 17.1 Å². The van der Waals surface area contributed by atoms with Crippen LogP contribution in [-0.4, -0.2) is 13.5 Å². The maximum absolute atomic E-state index is 3.75. The molecule has 0 bridgehead atoms. The number of benzene rings is 4. The summed E-state index contributed by atoms with van der Waals surface area (Å²) in [5.74, 6) is 0. The fraction of sp³-hybridized carbons (Fsp3) is 0. The third kappa shape index (κ3) is 3.25. The van der Waals surface area contributed by atoms with Gasteiger partial charge in [0.1, 0.15) is 0 Å². The van der Waals surface area contributed by atoms with Gasteiger partial charge in [-0.15, -0.1) is 70.9 Å². The van der Waals surface area contributed by atoms with E-state index in [1.165, 1.54) is 10.4 Å². The molecule has 0 aliphatic rings. The second kappa shape index (κ2) is 8.53. The maximum Gasteiger partial charge on any atom is 0.0675 e. The summed E-state index contributed by atoms with van der Waals surface area (Å²) in [5.41, 5.74) is 8.59. The van der Waals surface area contributed by atoms with E-state index in [0.29, 0.717) is 0 Å². The normalized spacial score (nSPS) is 11.6. The number of rotatable bonds is 3. The van der Waals surface area contributed by atoms with Crippen LogP contribution in [0.25, 0.3) is 60.3 Å². The van der Waals surface area contributed by atoms with Crippen molar-refractivity contribution in [3.63, 3.8) is 0 Å². The predicted octanol–water partition coefficient (Wildman–Crippen LogP) is 7.91. The van der Waals surface area contributed by atoms with Crippen LogP contribution in [0.2, 0.25) is 0 Å². The van der Waals surface area contributed by atoms with Gasteiger partial charge in [-0.25, -0.2) is 11.3 Å². The summed E-state index contributed by atoms with van der Waals surface area (Å²) in [6, 6.07) is 44.1. The van der Waals surface area contributed by atoms with E-state index in [9.17, 15) is 0 Å².